The molecule has 2 rings (SSSR count). The Morgan fingerprint density at radius 1 is 1.30 bits per heavy atom. The molecule has 1 aromatic carbocycles. The first-order chi connectivity index (χ1) is 11.0. The Labute approximate surface area is 132 Å². The van der Waals surface area contributed by atoms with E-state index in [1.54, 1.807) is 12.1 Å². The van der Waals surface area contributed by atoms with Gasteiger partial charge in [-0.05, 0) is 11.6 Å². The number of hydrogen-bond acceptors (Lipinski definition) is 7. The number of hydrogen-bond donors (Lipinski definition) is 3. The number of aliphatic hydroxyl groups is 1. The SMILES string of the molecule is Nc1ccn(C[C@H](O)[C@H](N)C(=O)OCc2ccccc2)c(=O)n1. The predicted octanol–water partition coefficient (Wildman–Crippen LogP) is -0.743. The van der Waals surface area contributed by atoms with Gasteiger partial charge in [0.25, 0.3) is 0 Å². The summed E-state index contributed by atoms with van der Waals surface area (Å²) in [5, 5.41) is 9.99. The summed E-state index contributed by atoms with van der Waals surface area (Å²) in [6.45, 7) is -0.128. The van der Waals surface area contributed by atoms with Crippen molar-refractivity contribution in [2.24, 2.45) is 5.73 Å². The highest BCUT2D eigenvalue weighted by Gasteiger charge is 2.25. The number of benzene rings is 1. The fourth-order valence-corrected chi connectivity index (χ4v) is 1.88. The zero-order chi connectivity index (χ0) is 16.8. The molecule has 8 nitrogen and oxygen atoms in total. The lowest BCUT2D eigenvalue weighted by Crippen LogP contribution is -2.46. The third-order valence-corrected chi connectivity index (χ3v) is 3.19. The number of esters is 1. The van der Waals surface area contributed by atoms with Crippen LogP contribution in [0.3, 0.4) is 0 Å². The van der Waals surface area contributed by atoms with E-state index in [2.05, 4.69) is 4.98 Å². The summed E-state index contributed by atoms with van der Waals surface area (Å²) >= 11 is 0. The Morgan fingerprint density at radius 2 is 2.00 bits per heavy atom. The van der Waals surface area contributed by atoms with Crippen molar-refractivity contribution in [3.8, 4) is 0 Å². The standard InChI is InChI=1S/C15H18N4O4/c16-12-6-7-19(15(22)18-12)8-11(20)13(17)14(21)23-9-10-4-2-1-3-5-10/h1-7,11,13,20H,8-9,17H2,(H2,16,18,22)/t11-,13-/m0/s1. The first kappa shape index (κ1) is 16.7. The van der Waals surface area contributed by atoms with Gasteiger partial charge in [0.15, 0.2) is 0 Å². The minimum atomic E-state index is -1.29. The first-order valence-electron chi connectivity index (χ1n) is 6.94. The van der Waals surface area contributed by atoms with Crippen molar-refractivity contribution in [2.45, 2.75) is 25.3 Å². The fourth-order valence-electron chi connectivity index (χ4n) is 1.88. The highest BCUT2D eigenvalue weighted by Crippen LogP contribution is 2.04. The van der Waals surface area contributed by atoms with Crippen molar-refractivity contribution >= 4 is 11.8 Å². The molecule has 0 saturated heterocycles. The lowest BCUT2D eigenvalue weighted by molar-refractivity contribution is -0.149. The van der Waals surface area contributed by atoms with E-state index in [9.17, 15) is 14.7 Å². The number of nitrogen functional groups attached to an aromatic ring is 1. The van der Waals surface area contributed by atoms with E-state index in [0.29, 0.717) is 0 Å². The number of nitrogens with zero attached hydrogens (tertiary/aromatic N) is 2. The Morgan fingerprint density at radius 3 is 2.65 bits per heavy atom. The molecule has 2 aromatic rings. The molecule has 0 fully saturated rings. The number of carbonyl (C=O) groups is 1. The van der Waals surface area contributed by atoms with Crippen LogP contribution >= 0.6 is 0 Å². The number of aromatic nitrogens is 2. The second-order valence-electron chi connectivity index (χ2n) is 4.97. The van der Waals surface area contributed by atoms with Crippen LogP contribution in [0.1, 0.15) is 5.56 Å². The molecule has 0 aliphatic rings. The van der Waals surface area contributed by atoms with Gasteiger partial charge in [0.05, 0.1) is 12.6 Å². The van der Waals surface area contributed by atoms with Gasteiger partial charge in [-0.25, -0.2) is 4.79 Å². The molecule has 2 atom stereocenters. The van der Waals surface area contributed by atoms with Gasteiger partial charge < -0.3 is 21.3 Å². The van der Waals surface area contributed by atoms with Crippen LogP contribution in [0.5, 0.6) is 0 Å². The smallest absolute Gasteiger partial charge is 0.349 e. The normalized spacial score (nSPS) is 13.3. The molecule has 0 amide bonds. The molecule has 0 spiro atoms. The Kier molecular flexibility index (Phi) is 5.45. The molecule has 122 valence electrons. The van der Waals surface area contributed by atoms with Crippen molar-refractivity contribution in [1.82, 2.24) is 9.55 Å². The van der Waals surface area contributed by atoms with Crippen molar-refractivity contribution in [3.63, 3.8) is 0 Å². The highest BCUT2D eigenvalue weighted by molar-refractivity contribution is 5.76. The second kappa shape index (κ2) is 7.52. The minimum Gasteiger partial charge on any atom is -0.460 e. The predicted molar refractivity (Wildman–Crippen MR) is 83.1 cm³/mol. The lowest BCUT2D eigenvalue weighted by Gasteiger charge is -2.18. The number of nitrogens with two attached hydrogens (primary N) is 2. The Hall–Kier alpha value is -2.71. The van der Waals surface area contributed by atoms with Crippen LogP contribution in [0.15, 0.2) is 47.4 Å². The summed E-state index contributed by atoms with van der Waals surface area (Å²) in [6, 6.07) is 9.22. The molecule has 0 aliphatic carbocycles. The summed E-state index contributed by atoms with van der Waals surface area (Å²) in [5.74, 6) is -0.676. The van der Waals surface area contributed by atoms with Crippen molar-refractivity contribution in [1.29, 1.82) is 0 Å². The first-order valence-corrected chi connectivity index (χ1v) is 6.94. The van der Waals surface area contributed by atoms with Gasteiger partial charge in [0.2, 0.25) is 0 Å². The van der Waals surface area contributed by atoms with Crippen molar-refractivity contribution < 1.29 is 14.6 Å². The second-order valence-corrected chi connectivity index (χ2v) is 4.97. The number of carbonyl (C=O) groups excluding carboxylic acids is 1. The average molecular weight is 318 g/mol. The molecule has 1 heterocycles. The van der Waals surface area contributed by atoms with Crippen LogP contribution in [0.4, 0.5) is 5.82 Å². The summed E-state index contributed by atoms with van der Waals surface area (Å²) < 4.78 is 6.17. The van der Waals surface area contributed by atoms with Gasteiger partial charge in [-0.3, -0.25) is 9.36 Å². The Bertz CT molecular complexity index is 717. The zero-order valence-electron chi connectivity index (χ0n) is 12.3. The molecule has 23 heavy (non-hydrogen) atoms. The number of ether oxygens (including phenoxy) is 1. The van der Waals surface area contributed by atoms with E-state index in [1.807, 2.05) is 18.2 Å². The number of aliphatic hydroxyl groups excluding tert-OH is 1. The molecular weight excluding hydrogens is 300 g/mol. The van der Waals surface area contributed by atoms with Gasteiger partial charge in [-0.1, -0.05) is 30.3 Å². The molecule has 0 saturated carbocycles. The third kappa shape index (κ3) is 4.63. The van der Waals surface area contributed by atoms with Crippen molar-refractivity contribution in [2.75, 3.05) is 5.73 Å². The molecule has 0 bridgehead atoms. The van der Waals surface area contributed by atoms with Crippen LogP contribution < -0.4 is 17.2 Å². The van der Waals surface area contributed by atoms with E-state index in [4.69, 9.17) is 16.2 Å². The van der Waals surface area contributed by atoms with E-state index >= 15 is 0 Å². The van der Waals surface area contributed by atoms with Gasteiger partial charge in [0.1, 0.15) is 18.5 Å². The van der Waals surface area contributed by atoms with Crippen LogP contribution in [-0.4, -0.2) is 32.8 Å². The maximum atomic E-state index is 11.9. The molecule has 5 N–H and O–H groups in total. The summed E-state index contributed by atoms with van der Waals surface area (Å²) in [5.41, 5.74) is 11.2. The van der Waals surface area contributed by atoms with Gasteiger partial charge in [-0.2, -0.15) is 4.98 Å². The maximum absolute atomic E-state index is 11.9. The fraction of sp³-hybridized carbons (Fsp3) is 0.267. The average Bonchev–Trinajstić information content (AvgIpc) is 2.55. The van der Waals surface area contributed by atoms with Crippen LogP contribution in [0.25, 0.3) is 0 Å². The van der Waals surface area contributed by atoms with Gasteiger partial charge >= 0.3 is 11.7 Å². The molecule has 0 radical (unpaired) electrons. The topological polar surface area (TPSA) is 133 Å². The monoisotopic (exact) mass is 318 g/mol. The largest absolute Gasteiger partial charge is 0.460 e. The van der Waals surface area contributed by atoms with Crippen LogP contribution in [-0.2, 0) is 22.7 Å². The van der Waals surface area contributed by atoms with Gasteiger partial charge in [0, 0.05) is 6.20 Å². The van der Waals surface area contributed by atoms with Crippen LogP contribution in [0.2, 0.25) is 0 Å². The van der Waals surface area contributed by atoms with E-state index < -0.39 is 23.8 Å². The quantitative estimate of drug-likeness (QED) is 0.597. The summed E-state index contributed by atoms with van der Waals surface area (Å²) in [4.78, 5) is 27.0. The minimum absolute atomic E-state index is 0.0590. The van der Waals surface area contributed by atoms with Crippen LogP contribution in [0, 0.1) is 0 Å². The van der Waals surface area contributed by atoms with E-state index in [0.717, 1.165) is 10.1 Å². The van der Waals surface area contributed by atoms with E-state index in [1.165, 1.54) is 12.3 Å². The summed E-state index contributed by atoms with van der Waals surface area (Å²) in [7, 11) is 0. The molecule has 8 heteroatoms. The van der Waals surface area contributed by atoms with Gasteiger partial charge in [-0.15, -0.1) is 0 Å². The Balaban J connectivity index is 1.92. The summed E-state index contributed by atoms with van der Waals surface area (Å²) in [6.07, 6.45) is 0.0806. The molecular formula is C15H18N4O4. The maximum Gasteiger partial charge on any atom is 0.349 e. The number of anilines is 1. The molecule has 0 aliphatic heterocycles. The van der Waals surface area contributed by atoms with Crippen molar-refractivity contribution in [3.05, 3.63) is 58.6 Å². The lowest BCUT2D eigenvalue weighted by atomic mass is 10.1. The molecule has 0 unspecified atom stereocenters. The third-order valence-electron chi connectivity index (χ3n) is 3.19. The van der Waals surface area contributed by atoms with E-state index in [-0.39, 0.29) is 19.0 Å². The highest BCUT2D eigenvalue weighted by atomic mass is 16.5. The molecule has 1 aromatic heterocycles. The zero-order valence-corrected chi connectivity index (χ0v) is 12.3. The number of rotatable bonds is 6.